The Morgan fingerprint density at radius 1 is 1.17 bits per heavy atom. The summed E-state index contributed by atoms with van der Waals surface area (Å²) in [4.78, 5) is 10.4. The van der Waals surface area contributed by atoms with Crippen molar-refractivity contribution >= 4 is 6.29 Å². The molecular weight excluding hydrogens is 156 g/mol. The van der Waals surface area contributed by atoms with E-state index in [9.17, 15) is 4.79 Å². The third-order valence-electron chi connectivity index (χ3n) is 1.59. The van der Waals surface area contributed by atoms with Crippen LogP contribution < -0.4 is 0 Å². The predicted octanol–water partition coefficient (Wildman–Crippen LogP) is 2.35. The Balaban J connectivity index is 2.53. The van der Waals surface area contributed by atoms with E-state index in [0.29, 0.717) is 23.4 Å². The molecule has 2 aromatic rings. The average Bonchev–Trinajstić information content (AvgIpc) is 2.74. The number of rotatable bonds is 2. The monoisotopic (exact) mass is 162 g/mol. The van der Waals surface area contributed by atoms with Gasteiger partial charge in [0.05, 0.1) is 18.1 Å². The second-order valence-electron chi connectivity index (χ2n) is 2.29. The molecule has 0 bridgehead atoms. The second-order valence-corrected chi connectivity index (χ2v) is 2.29. The van der Waals surface area contributed by atoms with E-state index < -0.39 is 0 Å². The number of furan rings is 2. The minimum Gasteiger partial charge on any atom is -0.464 e. The highest BCUT2D eigenvalue weighted by molar-refractivity contribution is 5.82. The van der Waals surface area contributed by atoms with Gasteiger partial charge >= 0.3 is 0 Å². The first-order valence-electron chi connectivity index (χ1n) is 3.48. The SMILES string of the molecule is O=Cc1occc1-c1ccco1. The lowest BCUT2D eigenvalue weighted by atomic mass is 10.2. The molecule has 0 aliphatic carbocycles. The summed E-state index contributed by atoms with van der Waals surface area (Å²) in [6.45, 7) is 0. The summed E-state index contributed by atoms with van der Waals surface area (Å²) < 4.78 is 10.0. The molecule has 0 saturated heterocycles. The van der Waals surface area contributed by atoms with Gasteiger partial charge in [-0.2, -0.15) is 0 Å². The van der Waals surface area contributed by atoms with Crippen LogP contribution in [0.2, 0.25) is 0 Å². The van der Waals surface area contributed by atoms with Gasteiger partial charge in [0.1, 0.15) is 5.76 Å². The molecule has 0 atom stereocenters. The maximum absolute atomic E-state index is 10.4. The molecule has 0 unspecified atom stereocenters. The first kappa shape index (κ1) is 6.91. The van der Waals surface area contributed by atoms with Crippen LogP contribution in [0, 0.1) is 0 Å². The first-order chi connectivity index (χ1) is 5.92. The molecule has 60 valence electrons. The van der Waals surface area contributed by atoms with E-state index in [0.717, 1.165) is 0 Å². The van der Waals surface area contributed by atoms with E-state index in [4.69, 9.17) is 8.83 Å². The van der Waals surface area contributed by atoms with Crippen molar-refractivity contribution in [1.29, 1.82) is 0 Å². The standard InChI is InChI=1S/C9H6O3/c10-6-9-7(3-5-12-9)8-2-1-4-11-8/h1-6H. The van der Waals surface area contributed by atoms with Crippen molar-refractivity contribution in [2.75, 3.05) is 0 Å². The van der Waals surface area contributed by atoms with Crippen LogP contribution in [-0.2, 0) is 0 Å². The van der Waals surface area contributed by atoms with Crippen LogP contribution in [0.3, 0.4) is 0 Å². The van der Waals surface area contributed by atoms with Crippen LogP contribution in [-0.4, -0.2) is 6.29 Å². The van der Waals surface area contributed by atoms with Crippen molar-refractivity contribution in [2.45, 2.75) is 0 Å². The Bertz CT molecular complexity index is 370. The fraction of sp³-hybridized carbons (Fsp3) is 0. The van der Waals surface area contributed by atoms with E-state index in [1.807, 2.05) is 0 Å². The molecule has 0 fully saturated rings. The molecule has 0 aliphatic heterocycles. The highest BCUT2D eigenvalue weighted by atomic mass is 16.3. The molecule has 2 aromatic heterocycles. The maximum Gasteiger partial charge on any atom is 0.186 e. The van der Waals surface area contributed by atoms with E-state index in [1.54, 1.807) is 24.5 Å². The summed E-state index contributed by atoms with van der Waals surface area (Å²) in [5.41, 5.74) is 0.690. The average molecular weight is 162 g/mol. The van der Waals surface area contributed by atoms with Crippen molar-refractivity contribution in [1.82, 2.24) is 0 Å². The first-order valence-corrected chi connectivity index (χ1v) is 3.48. The number of aldehydes is 1. The third kappa shape index (κ3) is 0.955. The van der Waals surface area contributed by atoms with E-state index in [-0.39, 0.29) is 0 Å². The van der Waals surface area contributed by atoms with E-state index >= 15 is 0 Å². The summed E-state index contributed by atoms with van der Waals surface area (Å²) >= 11 is 0. The van der Waals surface area contributed by atoms with E-state index in [1.165, 1.54) is 6.26 Å². The smallest absolute Gasteiger partial charge is 0.186 e. The normalized spacial score (nSPS) is 10.0. The summed E-state index contributed by atoms with van der Waals surface area (Å²) in [6.07, 6.45) is 3.68. The van der Waals surface area contributed by atoms with E-state index in [2.05, 4.69) is 0 Å². The topological polar surface area (TPSA) is 43.4 Å². The molecule has 3 nitrogen and oxygen atoms in total. The molecule has 2 heterocycles. The fourth-order valence-electron chi connectivity index (χ4n) is 1.05. The predicted molar refractivity (Wildman–Crippen MR) is 41.8 cm³/mol. The molecule has 0 saturated carbocycles. The molecule has 0 radical (unpaired) electrons. The molecule has 0 N–H and O–H groups in total. The zero-order valence-electron chi connectivity index (χ0n) is 6.19. The Morgan fingerprint density at radius 2 is 2.08 bits per heavy atom. The third-order valence-corrected chi connectivity index (χ3v) is 1.59. The lowest BCUT2D eigenvalue weighted by molar-refractivity contribution is 0.110. The largest absolute Gasteiger partial charge is 0.464 e. The number of hydrogen-bond donors (Lipinski definition) is 0. The van der Waals surface area contributed by atoms with Crippen molar-refractivity contribution < 1.29 is 13.6 Å². The van der Waals surface area contributed by atoms with Crippen LogP contribution in [0.1, 0.15) is 10.6 Å². The molecule has 3 heteroatoms. The Hall–Kier alpha value is -1.77. The van der Waals surface area contributed by atoms with Gasteiger partial charge in [0, 0.05) is 0 Å². The van der Waals surface area contributed by atoms with Crippen molar-refractivity contribution in [3.05, 3.63) is 36.5 Å². The van der Waals surface area contributed by atoms with Crippen LogP contribution in [0.5, 0.6) is 0 Å². The molecule has 0 aromatic carbocycles. The molecule has 0 spiro atoms. The second kappa shape index (κ2) is 2.70. The highest BCUT2D eigenvalue weighted by Gasteiger charge is 2.08. The van der Waals surface area contributed by atoms with Crippen LogP contribution >= 0.6 is 0 Å². The summed E-state index contributed by atoms with van der Waals surface area (Å²) in [6, 6.07) is 5.23. The Labute approximate surface area is 68.6 Å². The van der Waals surface area contributed by atoms with Crippen LogP contribution in [0.25, 0.3) is 11.3 Å². The Kier molecular flexibility index (Phi) is 1.55. The van der Waals surface area contributed by atoms with Gasteiger partial charge in [-0.1, -0.05) is 0 Å². The summed E-state index contributed by atoms with van der Waals surface area (Å²) in [5.74, 6) is 0.941. The highest BCUT2D eigenvalue weighted by Crippen LogP contribution is 2.23. The van der Waals surface area contributed by atoms with Crippen LogP contribution in [0.15, 0.2) is 39.6 Å². The lowest BCUT2D eigenvalue weighted by Gasteiger charge is -1.89. The number of hydrogen-bond acceptors (Lipinski definition) is 3. The van der Waals surface area contributed by atoms with Crippen molar-refractivity contribution in [3.63, 3.8) is 0 Å². The number of carbonyl (C=O) groups is 1. The van der Waals surface area contributed by atoms with Gasteiger partial charge < -0.3 is 8.83 Å². The quantitative estimate of drug-likeness (QED) is 0.636. The summed E-state index contributed by atoms with van der Waals surface area (Å²) in [5, 5.41) is 0. The Morgan fingerprint density at radius 3 is 2.75 bits per heavy atom. The zero-order valence-corrected chi connectivity index (χ0v) is 6.19. The molecule has 0 amide bonds. The van der Waals surface area contributed by atoms with Gasteiger partial charge in [-0.15, -0.1) is 0 Å². The van der Waals surface area contributed by atoms with Gasteiger partial charge in [0.25, 0.3) is 0 Å². The van der Waals surface area contributed by atoms with Gasteiger partial charge in [-0.3, -0.25) is 4.79 Å². The van der Waals surface area contributed by atoms with Crippen molar-refractivity contribution in [3.8, 4) is 11.3 Å². The maximum atomic E-state index is 10.4. The molecule has 2 rings (SSSR count). The van der Waals surface area contributed by atoms with Crippen molar-refractivity contribution in [2.24, 2.45) is 0 Å². The van der Waals surface area contributed by atoms with Gasteiger partial charge in [-0.25, -0.2) is 0 Å². The van der Waals surface area contributed by atoms with Gasteiger partial charge in [-0.05, 0) is 18.2 Å². The van der Waals surface area contributed by atoms with Crippen LogP contribution in [0.4, 0.5) is 0 Å². The van der Waals surface area contributed by atoms with Gasteiger partial charge in [0.15, 0.2) is 12.0 Å². The number of carbonyl (C=O) groups excluding carboxylic acids is 1. The fourth-order valence-corrected chi connectivity index (χ4v) is 1.05. The molecular formula is C9H6O3. The zero-order chi connectivity index (χ0) is 8.39. The minimum atomic E-state index is 0.296. The molecule has 12 heavy (non-hydrogen) atoms. The molecule has 0 aliphatic rings. The summed E-state index contributed by atoms with van der Waals surface area (Å²) in [7, 11) is 0. The lowest BCUT2D eigenvalue weighted by Crippen LogP contribution is -1.77. The minimum absolute atomic E-state index is 0.296. The van der Waals surface area contributed by atoms with Gasteiger partial charge in [0.2, 0.25) is 0 Å².